The van der Waals surface area contributed by atoms with E-state index in [0.29, 0.717) is 0 Å². The second-order valence-corrected chi connectivity index (χ2v) is 10.3. The number of para-hydroxylation sites is 4. The average Bonchev–Trinajstić information content (AvgIpc) is 3.11. The van der Waals surface area contributed by atoms with Crippen LogP contribution in [-0.4, -0.2) is 4.57 Å². The number of aromatic nitrogens is 1. The van der Waals surface area contributed by atoms with E-state index in [2.05, 4.69) is 122 Å². The van der Waals surface area contributed by atoms with Crippen molar-refractivity contribution in [3.8, 4) is 0 Å². The lowest BCUT2D eigenvalue weighted by atomic mass is 9.71. The zero-order valence-electron chi connectivity index (χ0n) is 19.0. The predicted molar refractivity (Wildman–Crippen MR) is 135 cm³/mol. The Morgan fingerprint density at radius 3 is 2.06 bits per heavy atom. The van der Waals surface area contributed by atoms with Crippen molar-refractivity contribution >= 4 is 38.9 Å². The van der Waals surface area contributed by atoms with Crippen LogP contribution in [-0.2, 0) is 11.0 Å². The lowest BCUT2D eigenvalue weighted by Crippen LogP contribution is -2.33. The van der Waals surface area contributed by atoms with Crippen LogP contribution in [0.4, 0.5) is 17.1 Å². The van der Waals surface area contributed by atoms with E-state index in [1.165, 1.54) is 55.6 Å². The fourth-order valence-corrected chi connectivity index (χ4v) is 6.38. The molecular weight excluding hydrogens is 388 g/mol. The number of anilines is 3. The molecule has 0 spiro atoms. The van der Waals surface area contributed by atoms with E-state index in [-0.39, 0.29) is 11.0 Å². The van der Waals surface area contributed by atoms with Crippen LogP contribution in [0.25, 0.3) is 21.8 Å². The van der Waals surface area contributed by atoms with Gasteiger partial charge in [-0.25, -0.2) is 0 Å². The van der Waals surface area contributed by atoms with Crippen LogP contribution >= 0.6 is 0 Å². The quantitative estimate of drug-likeness (QED) is 0.249. The van der Waals surface area contributed by atoms with Crippen LogP contribution in [0.2, 0.25) is 0 Å². The standard InChI is InChI=1S/C30H26N2/c1-29(2)21-13-6-8-17-25(21)31-26-18-9-12-20-19-11-5-7-16-24(19)32(27(20)26)30(3,4)23-15-10-14-22(29)28(23)31/h5-18H,1-4H3. The van der Waals surface area contributed by atoms with Crippen molar-refractivity contribution < 1.29 is 0 Å². The molecule has 156 valence electrons. The van der Waals surface area contributed by atoms with Gasteiger partial charge < -0.3 is 9.47 Å². The molecule has 0 amide bonds. The summed E-state index contributed by atoms with van der Waals surface area (Å²) in [6.45, 7) is 9.49. The first kappa shape index (κ1) is 18.1. The third kappa shape index (κ3) is 1.93. The van der Waals surface area contributed by atoms with E-state index in [4.69, 9.17) is 0 Å². The monoisotopic (exact) mass is 414 g/mol. The van der Waals surface area contributed by atoms with Gasteiger partial charge in [-0.1, -0.05) is 80.6 Å². The Morgan fingerprint density at radius 1 is 0.562 bits per heavy atom. The van der Waals surface area contributed by atoms with E-state index in [0.717, 1.165) is 0 Å². The maximum atomic E-state index is 2.58. The molecule has 0 unspecified atom stereocenters. The van der Waals surface area contributed by atoms with Crippen molar-refractivity contribution in [2.45, 2.75) is 38.6 Å². The van der Waals surface area contributed by atoms with Crippen molar-refractivity contribution in [2.24, 2.45) is 0 Å². The molecule has 0 N–H and O–H groups in total. The van der Waals surface area contributed by atoms with Crippen LogP contribution in [0, 0.1) is 0 Å². The van der Waals surface area contributed by atoms with Gasteiger partial charge in [0.2, 0.25) is 0 Å². The molecule has 0 saturated carbocycles. The molecular formula is C30H26N2. The molecule has 7 rings (SSSR count). The van der Waals surface area contributed by atoms with Gasteiger partial charge in [0.1, 0.15) is 0 Å². The minimum Gasteiger partial charge on any atom is -0.329 e. The van der Waals surface area contributed by atoms with Gasteiger partial charge in [-0.3, -0.25) is 0 Å². The van der Waals surface area contributed by atoms with Crippen LogP contribution in [0.5, 0.6) is 0 Å². The highest BCUT2D eigenvalue weighted by atomic mass is 15.2. The van der Waals surface area contributed by atoms with E-state index in [1.807, 2.05) is 0 Å². The van der Waals surface area contributed by atoms with Gasteiger partial charge >= 0.3 is 0 Å². The second kappa shape index (κ2) is 5.63. The summed E-state index contributed by atoms with van der Waals surface area (Å²) in [4.78, 5) is 2.54. The first-order valence-electron chi connectivity index (χ1n) is 11.5. The van der Waals surface area contributed by atoms with Gasteiger partial charge in [-0.05, 0) is 43.2 Å². The molecule has 5 aromatic rings. The van der Waals surface area contributed by atoms with Gasteiger partial charge in [-0.15, -0.1) is 0 Å². The zero-order chi connectivity index (χ0) is 21.8. The van der Waals surface area contributed by atoms with Gasteiger partial charge in [0.25, 0.3) is 0 Å². The summed E-state index contributed by atoms with van der Waals surface area (Å²) in [5, 5.41) is 2.64. The molecule has 4 aromatic carbocycles. The maximum Gasteiger partial charge on any atom is 0.0744 e. The minimum absolute atomic E-state index is 0.0660. The molecule has 2 heteroatoms. The Morgan fingerprint density at radius 2 is 1.19 bits per heavy atom. The van der Waals surface area contributed by atoms with Crippen LogP contribution in [0.1, 0.15) is 44.4 Å². The maximum absolute atomic E-state index is 2.58. The minimum atomic E-state index is -0.208. The Labute approximate surface area is 188 Å². The topological polar surface area (TPSA) is 8.17 Å². The van der Waals surface area contributed by atoms with E-state index in [9.17, 15) is 0 Å². The molecule has 0 radical (unpaired) electrons. The van der Waals surface area contributed by atoms with Crippen molar-refractivity contribution in [1.29, 1.82) is 0 Å². The van der Waals surface area contributed by atoms with Crippen LogP contribution < -0.4 is 4.90 Å². The summed E-state index contributed by atoms with van der Waals surface area (Å²) in [6, 6.07) is 31.5. The molecule has 32 heavy (non-hydrogen) atoms. The zero-order valence-corrected chi connectivity index (χ0v) is 19.0. The van der Waals surface area contributed by atoms with E-state index >= 15 is 0 Å². The number of hydrogen-bond acceptors (Lipinski definition) is 1. The van der Waals surface area contributed by atoms with Crippen LogP contribution in [0.15, 0.2) is 84.9 Å². The molecule has 0 aliphatic carbocycles. The number of rotatable bonds is 0. The molecule has 3 heterocycles. The SMILES string of the molecule is CC1(C)c2ccccc2N2c3c1cccc3C(C)(C)n1c3ccccc3c3cccc2c31. The highest BCUT2D eigenvalue weighted by molar-refractivity contribution is 6.14. The third-order valence-electron chi connectivity index (χ3n) is 7.88. The van der Waals surface area contributed by atoms with Crippen LogP contribution in [0.3, 0.4) is 0 Å². The lowest BCUT2D eigenvalue weighted by molar-refractivity contribution is 0.466. The van der Waals surface area contributed by atoms with Crippen molar-refractivity contribution in [3.63, 3.8) is 0 Å². The lowest BCUT2D eigenvalue weighted by Gasteiger charge is -2.43. The number of hydrogen-bond donors (Lipinski definition) is 0. The Hall–Kier alpha value is -3.52. The van der Waals surface area contributed by atoms with Crippen molar-refractivity contribution in [2.75, 3.05) is 4.90 Å². The molecule has 2 nitrogen and oxygen atoms in total. The van der Waals surface area contributed by atoms with Crippen molar-refractivity contribution in [3.05, 3.63) is 102 Å². The molecule has 2 aliphatic rings. The predicted octanol–water partition coefficient (Wildman–Crippen LogP) is 8.00. The average molecular weight is 415 g/mol. The fraction of sp³-hybridized carbons (Fsp3) is 0.200. The second-order valence-electron chi connectivity index (χ2n) is 10.3. The summed E-state index contributed by atoms with van der Waals surface area (Å²) in [6.07, 6.45) is 0. The fourth-order valence-electron chi connectivity index (χ4n) is 6.38. The number of benzene rings is 4. The Kier molecular flexibility index (Phi) is 3.19. The van der Waals surface area contributed by atoms with Gasteiger partial charge in [0.15, 0.2) is 0 Å². The first-order chi connectivity index (χ1) is 15.4. The Balaban J connectivity index is 1.77. The molecule has 0 saturated heterocycles. The van der Waals surface area contributed by atoms with Gasteiger partial charge in [0.05, 0.1) is 28.1 Å². The highest BCUT2D eigenvalue weighted by Crippen LogP contribution is 2.58. The van der Waals surface area contributed by atoms with Crippen molar-refractivity contribution in [1.82, 2.24) is 4.57 Å². The molecule has 0 bridgehead atoms. The summed E-state index contributed by atoms with van der Waals surface area (Å²) in [5.74, 6) is 0. The summed E-state index contributed by atoms with van der Waals surface area (Å²) in [7, 11) is 0. The molecule has 0 atom stereocenters. The number of fused-ring (bicyclic) bond motifs is 6. The first-order valence-corrected chi connectivity index (χ1v) is 11.5. The molecule has 0 fully saturated rings. The summed E-state index contributed by atoms with van der Waals surface area (Å²) in [5.41, 5.74) is 10.4. The Bertz CT molecular complexity index is 1580. The smallest absolute Gasteiger partial charge is 0.0744 e. The van der Waals surface area contributed by atoms with E-state index < -0.39 is 0 Å². The highest BCUT2D eigenvalue weighted by Gasteiger charge is 2.43. The summed E-state index contributed by atoms with van der Waals surface area (Å²) >= 11 is 0. The van der Waals surface area contributed by atoms with Gasteiger partial charge in [-0.2, -0.15) is 0 Å². The largest absolute Gasteiger partial charge is 0.329 e. The van der Waals surface area contributed by atoms with Gasteiger partial charge in [0, 0.05) is 27.3 Å². The summed E-state index contributed by atoms with van der Waals surface area (Å²) < 4.78 is 2.58. The third-order valence-corrected chi connectivity index (χ3v) is 7.88. The molecule has 1 aromatic heterocycles. The van der Waals surface area contributed by atoms with E-state index in [1.54, 1.807) is 0 Å². The normalized spacial score (nSPS) is 17.2. The molecule has 2 aliphatic heterocycles. The number of nitrogens with zero attached hydrogens (tertiary/aromatic N) is 2.